The first kappa shape index (κ1) is 25.7. The van der Waals surface area contributed by atoms with Crippen LogP contribution in [0.15, 0.2) is 40.9 Å². The maximum Gasteiger partial charge on any atom is 0.223 e. The predicted octanol–water partition coefficient (Wildman–Crippen LogP) is 4.13. The van der Waals surface area contributed by atoms with Gasteiger partial charge in [-0.15, -0.1) is 24.8 Å². The van der Waals surface area contributed by atoms with Crippen LogP contribution < -0.4 is 5.73 Å². The molecule has 2 aliphatic rings. The molecule has 2 N–H and O–H groups in total. The molecule has 0 bridgehead atoms. The summed E-state index contributed by atoms with van der Waals surface area (Å²) in [5.74, 6) is 1.81. The minimum atomic E-state index is 0. The fourth-order valence-corrected chi connectivity index (χ4v) is 4.65. The lowest BCUT2D eigenvalue weighted by Crippen LogP contribution is -2.50. The van der Waals surface area contributed by atoms with Gasteiger partial charge in [0.15, 0.2) is 5.76 Å². The minimum Gasteiger partial charge on any atom is -0.439 e. The molecule has 1 aliphatic heterocycles. The van der Waals surface area contributed by atoms with E-state index in [-0.39, 0.29) is 36.1 Å². The normalized spacial score (nSPS) is 18.7. The van der Waals surface area contributed by atoms with Crippen LogP contribution in [0.5, 0.6) is 0 Å². The molecule has 8 heteroatoms. The Labute approximate surface area is 197 Å². The molecule has 0 radical (unpaired) electrons. The number of amides is 1. The number of carbonyl (C=O) groups is 1. The number of benzene rings is 1. The van der Waals surface area contributed by atoms with E-state index in [0.717, 1.165) is 56.2 Å². The van der Waals surface area contributed by atoms with Gasteiger partial charge >= 0.3 is 0 Å². The first-order chi connectivity index (χ1) is 14.2. The van der Waals surface area contributed by atoms with Gasteiger partial charge in [-0.3, -0.25) is 9.69 Å². The molecule has 0 atom stereocenters. The number of rotatable bonds is 6. The van der Waals surface area contributed by atoms with Gasteiger partial charge in [0.2, 0.25) is 11.8 Å². The third-order valence-corrected chi connectivity index (χ3v) is 6.57. The number of piperazine rings is 1. The highest BCUT2D eigenvalue weighted by Gasteiger charge is 2.35. The van der Waals surface area contributed by atoms with E-state index in [2.05, 4.69) is 9.88 Å². The summed E-state index contributed by atoms with van der Waals surface area (Å²) >= 11 is 0. The van der Waals surface area contributed by atoms with E-state index in [4.69, 9.17) is 10.2 Å². The smallest absolute Gasteiger partial charge is 0.223 e. The van der Waals surface area contributed by atoms with Crippen LogP contribution in [-0.4, -0.2) is 53.4 Å². The zero-order chi connectivity index (χ0) is 20.1. The van der Waals surface area contributed by atoms with Crippen molar-refractivity contribution in [1.29, 1.82) is 0 Å². The second-order valence-electron chi connectivity index (χ2n) is 8.58. The average Bonchev–Trinajstić information content (AvgIpc) is 3.24. The molecule has 1 aromatic carbocycles. The molecule has 1 amide bonds. The van der Waals surface area contributed by atoms with E-state index in [9.17, 15) is 4.79 Å². The largest absolute Gasteiger partial charge is 0.439 e. The summed E-state index contributed by atoms with van der Waals surface area (Å²) in [4.78, 5) is 21.6. The highest BCUT2D eigenvalue weighted by molar-refractivity contribution is 5.85. The maximum absolute atomic E-state index is 12.9. The van der Waals surface area contributed by atoms with Crippen LogP contribution in [0.1, 0.15) is 44.4 Å². The van der Waals surface area contributed by atoms with Gasteiger partial charge in [0.1, 0.15) is 0 Å². The van der Waals surface area contributed by atoms with Gasteiger partial charge in [0, 0.05) is 38.2 Å². The predicted molar refractivity (Wildman–Crippen MR) is 127 cm³/mol. The number of hydrogen-bond acceptors (Lipinski definition) is 5. The SMILES string of the molecule is Cl.Cl.NCC1(CC(=O)N2CCN(Cc3ncc(-c4ccccc4)o3)CC2)CCCCC1. The van der Waals surface area contributed by atoms with Crippen molar-refractivity contribution in [3.8, 4) is 11.3 Å². The lowest BCUT2D eigenvalue weighted by molar-refractivity contribution is -0.136. The number of halogens is 2. The lowest BCUT2D eigenvalue weighted by Gasteiger charge is -2.39. The van der Waals surface area contributed by atoms with Crippen LogP contribution in [0.2, 0.25) is 0 Å². The van der Waals surface area contributed by atoms with Crippen LogP contribution in [0.3, 0.4) is 0 Å². The minimum absolute atomic E-state index is 0. The van der Waals surface area contributed by atoms with Crippen molar-refractivity contribution >= 4 is 30.7 Å². The summed E-state index contributed by atoms with van der Waals surface area (Å²) in [7, 11) is 0. The van der Waals surface area contributed by atoms with Gasteiger partial charge in [-0.2, -0.15) is 0 Å². The molecule has 1 aliphatic carbocycles. The van der Waals surface area contributed by atoms with Crippen molar-refractivity contribution in [3.05, 3.63) is 42.4 Å². The molecule has 1 saturated heterocycles. The van der Waals surface area contributed by atoms with E-state index in [1.807, 2.05) is 35.2 Å². The molecule has 0 spiro atoms. The molecule has 2 heterocycles. The molecule has 0 unspecified atom stereocenters. The van der Waals surface area contributed by atoms with E-state index in [0.29, 0.717) is 19.5 Å². The van der Waals surface area contributed by atoms with Gasteiger partial charge in [-0.25, -0.2) is 4.98 Å². The molecule has 2 aromatic rings. The molecule has 6 nitrogen and oxygen atoms in total. The Morgan fingerprint density at radius 1 is 1.03 bits per heavy atom. The van der Waals surface area contributed by atoms with Crippen molar-refractivity contribution in [2.75, 3.05) is 32.7 Å². The van der Waals surface area contributed by atoms with Crippen LogP contribution in [-0.2, 0) is 11.3 Å². The topological polar surface area (TPSA) is 75.6 Å². The fourth-order valence-electron chi connectivity index (χ4n) is 4.65. The summed E-state index contributed by atoms with van der Waals surface area (Å²) in [6.07, 6.45) is 8.30. The third-order valence-electron chi connectivity index (χ3n) is 6.57. The second kappa shape index (κ2) is 11.9. The monoisotopic (exact) mass is 468 g/mol. The Balaban J connectivity index is 0.00000171. The number of nitrogens with zero attached hydrogens (tertiary/aromatic N) is 3. The van der Waals surface area contributed by atoms with Crippen molar-refractivity contribution in [2.24, 2.45) is 11.1 Å². The first-order valence-electron chi connectivity index (χ1n) is 10.9. The summed E-state index contributed by atoms with van der Waals surface area (Å²) < 4.78 is 5.93. The van der Waals surface area contributed by atoms with Gasteiger partial charge in [0.05, 0.1) is 12.7 Å². The molecule has 2 fully saturated rings. The second-order valence-corrected chi connectivity index (χ2v) is 8.58. The van der Waals surface area contributed by atoms with Crippen LogP contribution >= 0.6 is 24.8 Å². The number of hydrogen-bond donors (Lipinski definition) is 1. The van der Waals surface area contributed by atoms with Crippen molar-refractivity contribution < 1.29 is 9.21 Å². The summed E-state index contributed by atoms with van der Waals surface area (Å²) in [6, 6.07) is 10.0. The molecular formula is C23H34Cl2N4O2. The van der Waals surface area contributed by atoms with E-state index >= 15 is 0 Å². The van der Waals surface area contributed by atoms with Crippen LogP contribution in [0.4, 0.5) is 0 Å². The standard InChI is InChI=1S/C23H32N4O2.2ClH/c24-18-23(9-5-2-6-10-23)15-22(28)27-13-11-26(12-14-27)17-21-25-16-20(29-21)19-7-3-1-4-8-19;;/h1,3-4,7-8,16H,2,5-6,9-15,17-18,24H2;2*1H. The Hall–Kier alpha value is -1.60. The molecule has 4 rings (SSSR count). The Bertz CT molecular complexity index is 801. The van der Waals surface area contributed by atoms with Gasteiger partial charge in [-0.1, -0.05) is 49.6 Å². The summed E-state index contributed by atoms with van der Waals surface area (Å²) in [6.45, 7) is 4.56. The quantitative estimate of drug-likeness (QED) is 0.689. The Kier molecular flexibility index (Phi) is 9.82. The maximum atomic E-state index is 12.9. The van der Waals surface area contributed by atoms with E-state index < -0.39 is 0 Å². The molecule has 172 valence electrons. The van der Waals surface area contributed by atoms with Crippen molar-refractivity contribution in [1.82, 2.24) is 14.8 Å². The molecular weight excluding hydrogens is 435 g/mol. The Morgan fingerprint density at radius 3 is 2.35 bits per heavy atom. The lowest BCUT2D eigenvalue weighted by atomic mass is 9.71. The molecule has 1 saturated carbocycles. The first-order valence-corrected chi connectivity index (χ1v) is 10.9. The third kappa shape index (κ3) is 6.45. The summed E-state index contributed by atoms with van der Waals surface area (Å²) in [5, 5.41) is 0. The number of oxazole rings is 1. The zero-order valence-electron chi connectivity index (χ0n) is 18.0. The number of carbonyl (C=O) groups excluding carboxylic acids is 1. The molecule has 1 aromatic heterocycles. The zero-order valence-corrected chi connectivity index (χ0v) is 19.6. The highest BCUT2D eigenvalue weighted by Crippen LogP contribution is 2.38. The van der Waals surface area contributed by atoms with Crippen molar-refractivity contribution in [3.63, 3.8) is 0 Å². The molecule has 31 heavy (non-hydrogen) atoms. The number of nitrogens with two attached hydrogens (primary N) is 1. The highest BCUT2D eigenvalue weighted by atomic mass is 35.5. The number of aromatic nitrogens is 1. The van der Waals surface area contributed by atoms with Crippen LogP contribution in [0.25, 0.3) is 11.3 Å². The fraction of sp³-hybridized carbons (Fsp3) is 0.565. The Morgan fingerprint density at radius 2 is 1.71 bits per heavy atom. The van der Waals surface area contributed by atoms with Crippen LogP contribution in [0, 0.1) is 5.41 Å². The van der Waals surface area contributed by atoms with E-state index in [1.54, 1.807) is 6.20 Å². The van der Waals surface area contributed by atoms with Gasteiger partial charge in [0.25, 0.3) is 0 Å². The summed E-state index contributed by atoms with van der Waals surface area (Å²) in [5.41, 5.74) is 7.15. The van der Waals surface area contributed by atoms with Crippen molar-refractivity contribution in [2.45, 2.75) is 45.1 Å². The van der Waals surface area contributed by atoms with Gasteiger partial charge in [-0.05, 0) is 24.8 Å². The average molecular weight is 469 g/mol. The van der Waals surface area contributed by atoms with E-state index in [1.165, 1.54) is 19.3 Å². The van der Waals surface area contributed by atoms with Gasteiger partial charge < -0.3 is 15.1 Å².